The smallest absolute Gasteiger partial charge is 0.407 e. The number of imidazole rings is 2. The average Bonchev–Trinajstić information content (AvgIpc) is 4.13. The predicted molar refractivity (Wildman–Crippen MR) is 248 cm³/mol. The molecule has 0 aliphatic carbocycles. The monoisotopic (exact) mass is 918 g/mol. The van der Waals surface area contributed by atoms with Gasteiger partial charge in [0.2, 0.25) is 12.3 Å². The molecule has 0 bridgehead atoms. The number of likely N-dealkylation sites (tertiary alicyclic amines) is 2. The van der Waals surface area contributed by atoms with Crippen LogP contribution in [-0.2, 0) is 30.4 Å². The van der Waals surface area contributed by atoms with E-state index in [-0.39, 0.29) is 35.7 Å². The molecule has 2 aromatic heterocycles. The van der Waals surface area contributed by atoms with E-state index in [4.69, 9.17) is 40.5 Å². The van der Waals surface area contributed by atoms with Crippen molar-refractivity contribution in [3.63, 3.8) is 0 Å². The summed E-state index contributed by atoms with van der Waals surface area (Å²) in [6.45, 7) is 7.09. The number of nitrogens with one attached hydrogen (secondary N) is 4. The number of ether oxygens (including phenoxy) is 4. The summed E-state index contributed by atoms with van der Waals surface area (Å²) in [5, 5.41) is 18.1. The van der Waals surface area contributed by atoms with Crippen LogP contribution in [0.3, 0.4) is 0 Å². The molecule has 16 nitrogen and oxygen atoms in total. The first-order valence-corrected chi connectivity index (χ1v) is 22.7. The lowest BCUT2D eigenvalue weighted by Crippen LogP contribution is -2.54. The van der Waals surface area contributed by atoms with Gasteiger partial charge in [-0.3, -0.25) is 14.9 Å². The van der Waals surface area contributed by atoms with E-state index in [2.05, 4.69) is 45.7 Å². The summed E-state index contributed by atoms with van der Waals surface area (Å²) in [6, 6.07) is 21.1. The minimum Gasteiger partial charge on any atom is -0.488 e. The van der Waals surface area contributed by atoms with Crippen molar-refractivity contribution < 1.29 is 38.4 Å². The summed E-state index contributed by atoms with van der Waals surface area (Å²) < 4.78 is 21.9. The number of aliphatic hydroxyl groups excluding tert-OH is 1. The highest BCUT2D eigenvalue weighted by molar-refractivity contribution is 6.32. The number of carbonyl (C=O) groups excluding carboxylic acids is 3. The van der Waals surface area contributed by atoms with E-state index in [0.717, 1.165) is 68.5 Å². The molecule has 3 aliphatic heterocycles. The molecule has 3 amide bonds. The van der Waals surface area contributed by atoms with Crippen LogP contribution in [0.15, 0.2) is 72.8 Å². The molecule has 6 aromatic rings. The van der Waals surface area contributed by atoms with Gasteiger partial charge in [0.15, 0.2) is 0 Å². The largest absolute Gasteiger partial charge is 0.488 e. The van der Waals surface area contributed by atoms with Gasteiger partial charge in [-0.15, -0.1) is 0 Å². The van der Waals surface area contributed by atoms with Crippen LogP contribution in [0.4, 0.5) is 4.79 Å². The molecule has 0 spiro atoms. The van der Waals surface area contributed by atoms with Gasteiger partial charge in [0.05, 0.1) is 42.9 Å². The molecule has 3 aliphatic rings. The van der Waals surface area contributed by atoms with Gasteiger partial charge in [-0.05, 0) is 78.4 Å². The van der Waals surface area contributed by atoms with E-state index < -0.39 is 30.6 Å². The third-order valence-electron chi connectivity index (χ3n) is 13.2. The number of aliphatic hydroxyl groups is 1. The van der Waals surface area contributed by atoms with Crippen LogP contribution in [0.5, 0.6) is 5.75 Å². The van der Waals surface area contributed by atoms with E-state index in [0.29, 0.717) is 48.4 Å². The number of aromatic amines is 2. The molecule has 5 heterocycles. The summed E-state index contributed by atoms with van der Waals surface area (Å²) in [5.41, 5.74) is 6.56. The van der Waals surface area contributed by atoms with Crippen molar-refractivity contribution in [3.05, 3.63) is 101 Å². The predicted octanol–water partition coefficient (Wildman–Crippen LogP) is 7.54. The average molecular weight is 919 g/mol. The van der Waals surface area contributed by atoms with Crippen LogP contribution in [0.1, 0.15) is 80.9 Å². The Balaban J connectivity index is 0.988. The Morgan fingerprint density at radius 3 is 2.47 bits per heavy atom. The highest BCUT2D eigenvalue weighted by Crippen LogP contribution is 2.45. The molecule has 4 aromatic carbocycles. The third-order valence-corrected chi connectivity index (χ3v) is 13.5. The summed E-state index contributed by atoms with van der Waals surface area (Å²) in [7, 11) is 4.29. The Morgan fingerprint density at radius 1 is 0.939 bits per heavy atom. The van der Waals surface area contributed by atoms with Crippen molar-refractivity contribution in [3.8, 4) is 28.1 Å². The first-order valence-electron chi connectivity index (χ1n) is 22.3. The molecule has 66 heavy (non-hydrogen) atoms. The fraction of sp³-hybridized carbons (Fsp3) is 0.408. The van der Waals surface area contributed by atoms with Gasteiger partial charge < -0.3 is 49.1 Å². The number of amides is 3. The second-order valence-electron chi connectivity index (χ2n) is 17.8. The van der Waals surface area contributed by atoms with Gasteiger partial charge in [0, 0.05) is 49.2 Å². The topological polar surface area (TPSA) is 196 Å². The van der Waals surface area contributed by atoms with Gasteiger partial charge in [-0.2, -0.15) is 0 Å². The minimum atomic E-state index is -1.26. The Morgan fingerprint density at radius 2 is 1.73 bits per heavy atom. The molecule has 9 rings (SSSR count). The molecular formula is C49H55ClN8O8. The van der Waals surface area contributed by atoms with Crippen LogP contribution >= 0.6 is 11.6 Å². The highest BCUT2D eigenvalue weighted by atomic mass is 35.5. The molecule has 346 valence electrons. The molecular weight excluding hydrogens is 864 g/mol. The zero-order valence-electron chi connectivity index (χ0n) is 37.8. The normalized spacial score (nSPS) is 20.6. The van der Waals surface area contributed by atoms with E-state index in [9.17, 15) is 19.5 Å². The lowest BCUT2D eigenvalue weighted by Gasteiger charge is -2.34. The minimum absolute atomic E-state index is 0.0130. The zero-order valence-corrected chi connectivity index (χ0v) is 38.5. The van der Waals surface area contributed by atoms with Crippen LogP contribution < -0.4 is 15.4 Å². The standard InChI is InChI=1S/C49H55ClN8O8/c1-25(2)39(54-48(61)64-5)47(60)58-26(3)12-17-36(58)44-51-35-16-14-29-20-34-32-15-13-30(19-31(32)24-66-38(34)21-33(29)42(35)53-44)40-43(50)56-45(52-40)37-18-27(23-63-4)22-57(37)46(59)41(55-49(62)65-6)28-10-8-7-9-11-28/h7-11,13-16,19-21,25-27,36-37,39,41,48,54,61H,12,17-18,22-24H2,1-6H3,(H,51,53)(H,52,56)(H,55,62)/t26-,27-,36-,37-,39-,41+,48?/m0/s1. The van der Waals surface area contributed by atoms with Crippen molar-refractivity contribution in [1.82, 2.24) is 40.4 Å². The van der Waals surface area contributed by atoms with Gasteiger partial charge in [-0.1, -0.05) is 74.0 Å². The number of aromatic nitrogens is 4. The number of hydrogen-bond donors (Lipinski definition) is 5. The lowest BCUT2D eigenvalue weighted by molar-refractivity contribution is -0.146. The van der Waals surface area contributed by atoms with Crippen LogP contribution in [-0.4, -0.2) is 106 Å². The number of benzene rings is 4. The van der Waals surface area contributed by atoms with E-state index in [1.54, 1.807) is 24.1 Å². The fourth-order valence-corrected chi connectivity index (χ4v) is 10.2. The van der Waals surface area contributed by atoms with Crippen molar-refractivity contribution in [2.24, 2.45) is 11.8 Å². The van der Waals surface area contributed by atoms with Crippen molar-refractivity contribution in [1.29, 1.82) is 0 Å². The molecule has 1 unspecified atom stereocenters. The van der Waals surface area contributed by atoms with E-state index in [1.807, 2.05) is 61.2 Å². The Bertz CT molecular complexity index is 2780. The number of halogens is 1. The van der Waals surface area contributed by atoms with Crippen molar-refractivity contribution >= 4 is 51.3 Å². The first-order chi connectivity index (χ1) is 31.9. The quantitative estimate of drug-likeness (QED) is 0.0718. The van der Waals surface area contributed by atoms with Gasteiger partial charge in [0.25, 0.3) is 5.91 Å². The zero-order chi connectivity index (χ0) is 46.4. The number of fused-ring (bicyclic) bond motifs is 6. The van der Waals surface area contributed by atoms with Crippen molar-refractivity contribution in [2.75, 3.05) is 34.5 Å². The van der Waals surface area contributed by atoms with Crippen molar-refractivity contribution in [2.45, 2.75) is 83.3 Å². The van der Waals surface area contributed by atoms with Gasteiger partial charge in [0.1, 0.15) is 40.9 Å². The van der Waals surface area contributed by atoms with Crippen LogP contribution in [0.25, 0.3) is 44.2 Å². The number of hydrogen-bond acceptors (Lipinski definition) is 11. The summed E-state index contributed by atoms with van der Waals surface area (Å²) >= 11 is 6.93. The number of rotatable bonds is 13. The number of methoxy groups -OCH3 is 3. The fourth-order valence-electron chi connectivity index (χ4n) is 9.94. The van der Waals surface area contributed by atoms with Gasteiger partial charge in [-0.25, -0.2) is 14.8 Å². The Hall–Kier alpha value is -6.04. The van der Waals surface area contributed by atoms with Gasteiger partial charge >= 0.3 is 6.09 Å². The molecule has 2 fully saturated rings. The SMILES string of the molecule is COC[C@H]1C[C@@H](c2nc(-c3ccc4c(c3)COc3cc5c(ccc6[nH]c([C@@H]7CC[C@H](C)N7C(=O)[C@@H](NC(O)OC)C(C)C)nc65)cc3-4)c(Cl)[nH]2)N(C(=O)[C@H](NC(=O)OC)c2ccccc2)C1. The highest BCUT2D eigenvalue weighted by Gasteiger charge is 2.43. The number of carbonyl (C=O) groups is 3. The molecule has 0 radical (unpaired) electrons. The molecule has 7 atom stereocenters. The summed E-state index contributed by atoms with van der Waals surface area (Å²) in [4.78, 5) is 61.5. The van der Waals surface area contributed by atoms with Crippen LogP contribution in [0.2, 0.25) is 5.15 Å². The first kappa shape index (κ1) is 45.1. The molecule has 5 N–H and O–H groups in total. The summed E-state index contributed by atoms with van der Waals surface area (Å²) in [6.07, 6.45) is 0.178. The number of H-pyrrole nitrogens is 2. The van der Waals surface area contributed by atoms with E-state index >= 15 is 0 Å². The maximum absolute atomic E-state index is 14.4. The van der Waals surface area contributed by atoms with Crippen LogP contribution in [0, 0.1) is 11.8 Å². The lowest BCUT2D eigenvalue weighted by atomic mass is 9.92. The number of nitrogens with zero attached hydrogens (tertiary/aromatic N) is 4. The molecule has 17 heteroatoms. The molecule has 0 saturated carbocycles. The maximum Gasteiger partial charge on any atom is 0.407 e. The maximum atomic E-state index is 14.4. The second kappa shape index (κ2) is 18.7. The third kappa shape index (κ3) is 8.47. The Kier molecular flexibility index (Phi) is 12.8. The van der Waals surface area contributed by atoms with E-state index in [1.165, 1.54) is 14.2 Å². The number of alkyl carbamates (subject to hydrolysis) is 1. The summed E-state index contributed by atoms with van der Waals surface area (Å²) in [5.74, 6) is 1.52. The second-order valence-corrected chi connectivity index (χ2v) is 18.2. The molecule has 2 saturated heterocycles. The Labute approximate surface area is 387 Å².